The highest BCUT2D eigenvalue weighted by molar-refractivity contribution is 5.88. The average Bonchev–Trinajstić information content (AvgIpc) is 2.97. The van der Waals surface area contributed by atoms with Crippen molar-refractivity contribution in [2.75, 3.05) is 5.73 Å². The number of anilines is 1. The van der Waals surface area contributed by atoms with Crippen molar-refractivity contribution in [3.63, 3.8) is 0 Å². The van der Waals surface area contributed by atoms with E-state index in [1.54, 1.807) is 23.1 Å². The molecule has 0 bridgehead atoms. The molecule has 2 N–H and O–H groups in total. The Morgan fingerprint density at radius 1 is 1.08 bits per heavy atom. The summed E-state index contributed by atoms with van der Waals surface area (Å²) in [6, 6.07) is 12.1. The Labute approximate surface area is 149 Å². The third-order valence-electron chi connectivity index (χ3n) is 4.23. The maximum Gasteiger partial charge on any atom is 0.167 e. The molecule has 0 spiro atoms. The van der Waals surface area contributed by atoms with Crippen molar-refractivity contribution in [3.05, 3.63) is 66.4 Å². The second-order valence-electron chi connectivity index (χ2n) is 6.15. The van der Waals surface area contributed by atoms with Gasteiger partial charge in [0.15, 0.2) is 11.6 Å². The average molecular weight is 348 g/mol. The Balaban J connectivity index is 1.90. The summed E-state index contributed by atoms with van der Waals surface area (Å²) in [5.74, 6) is 0.155. The second-order valence-corrected chi connectivity index (χ2v) is 6.15. The molecule has 2 aromatic heterocycles. The van der Waals surface area contributed by atoms with Crippen molar-refractivity contribution in [1.29, 1.82) is 0 Å². The lowest BCUT2D eigenvalue weighted by Crippen LogP contribution is -1.95. The molecular weight excluding hydrogens is 331 g/mol. The number of aryl methyl sites for hydroxylation is 2. The van der Waals surface area contributed by atoms with E-state index in [9.17, 15) is 4.39 Å². The van der Waals surface area contributed by atoms with Crippen LogP contribution in [0.5, 0.6) is 11.5 Å². The number of nitrogen functional groups attached to an aromatic ring is 1. The largest absolute Gasteiger partial charge is 0.454 e. The van der Waals surface area contributed by atoms with E-state index in [2.05, 4.69) is 10.1 Å². The van der Waals surface area contributed by atoms with Crippen molar-refractivity contribution >= 4 is 16.6 Å². The quantitative estimate of drug-likeness (QED) is 0.555. The maximum absolute atomic E-state index is 14.2. The van der Waals surface area contributed by atoms with Crippen LogP contribution >= 0.6 is 0 Å². The van der Waals surface area contributed by atoms with Crippen molar-refractivity contribution in [3.8, 4) is 22.6 Å². The smallest absolute Gasteiger partial charge is 0.167 e. The highest BCUT2D eigenvalue weighted by Gasteiger charge is 2.14. The van der Waals surface area contributed by atoms with Crippen molar-refractivity contribution < 1.29 is 9.13 Å². The number of nitrogens with two attached hydrogens (primary N) is 1. The Hall–Kier alpha value is -3.41. The molecule has 0 saturated carbocycles. The topological polar surface area (TPSA) is 66.0 Å². The first-order chi connectivity index (χ1) is 12.5. The van der Waals surface area contributed by atoms with Crippen LogP contribution in [0.3, 0.4) is 0 Å². The van der Waals surface area contributed by atoms with E-state index in [0.29, 0.717) is 11.4 Å². The van der Waals surface area contributed by atoms with E-state index >= 15 is 0 Å². The lowest BCUT2D eigenvalue weighted by molar-refractivity contribution is 0.444. The molecule has 0 aliphatic carbocycles. The molecule has 2 aromatic carbocycles. The summed E-state index contributed by atoms with van der Waals surface area (Å²) in [6.07, 6.45) is 3.49. The number of pyridine rings is 1. The molecule has 0 atom stereocenters. The highest BCUT2D eigenvalue weighted by atomic mass is 19.1. The zero-order chi connectivity index (χ0) is 18.3. The fourth-order valence-corrected chi connectivity index (χ4v) is 2.92. The molecule has 0 fully saturated rings. The van der Waals surface area contributed by atoms with Gasteiger partial charge >= 0.3 is 0 Å². The number of rotatable bonds is 3. The molecule has 0 amide bonds. The van der Waals surface area contributed by atoms with E-state index < -0.39 is 5.82 Å². The Bertz CT molecular complexity index is 1120. The minimum atomic E-state index is -0.506. The molecule has 0 radical (unpaired) electrons. The van der Waals surface area contributed by atoms with Crippen LogP contribution in [-0.4, -0.2) is 14.8 Å². The molecule has 2 heterocycles. The van der Waals surface area contributed by atoms with E-state index in [0.717, 1.165) is 27.7 Å². The van der Waals surface area contributed by atoms with Crippen molar-refractivity contribution in [2.24, 2.45) is 7.05 Å². The normalized spacial score (nSPS) is 11.0. The lowest BCUT2D eigenvalue weighted by Gasteiger charge is -2.13. The summed E-state index contributed by atoms with van der Waals surface area (Å²) in [7, 11) is 1.88. The molecule has 0 aliphatic heterocycles. The molecule has 130 valence electrons. The van der Waals surface area contributed by atoms with Crippen LogP contribution in [0.4, 0.5) is 10.1 Å². The molecule has 4 rings (SSSR count). The molecule has 26 heavy (non-hydrogen) atoms. The Morgan fingerprint density at radius 2 is 1.92 bits per heavy atom. The van der Waals surface area contributed by atoms with E-state index in [1.165, 1.54) is 12.1 Å². The van der Waals surface area contributed by atoms with Gasteiger partial charge in [-0.3, -0.25) is 9.67 Å². The summed E-state index contributed by atoms with van der Waals surface area (Å²) in [5.41, 5.74) is 9.59. The van der Waals surface area contributed by atoms with Gasteiger partial charge in [-0.15, -0.1) is 0 Å². The number of nitrogens with zero attached hydrogens (tertiary/aromatic N) is 3. The van der Waals surface area contributed by atoms with Gasteiger partial charge in [0.1, 0.15) is 5.75 Å². The van der Waals surface area contributed by atoms with Crippen LogP contribution in [0.2, 0.25) is 0 Å². The first kappa shape index (κ1) is 16.1. The van der Waals surface area contributed by atoms with Gasteiger partial charge in [0.2, 0.25) is 0 Å². The summed E-state index contributed by atoms with van der Waals surface area (Å²) >= 11 is 0. The molecule has 0 aliphatic rings. The fourth-order valence-electron chi connectivity index (χ4n) is 2.92. The number of aromatic nitrogens is 3. The van der Waals surface area contributed by atoms with Gasteiger partial charge in [0, 0.05) is 41.6 Å². The van der Waals surface area contributed by atoms with Gasteiger partial charge < -0.3 is 10.5 Å². The van der Waals surface area contributed by atoms with Crippen LogP contribution in [0, 0.1) is 12.7 Å². The molecule has 4 aromatic rings. The number of hydrogen-bond acceptors (Lipinski definition) is 4. The molecule has 5 nitrogen and oxygen atoms in total. The van der Waals surface area contributed by atoms with Crippen LogP contribution in [0.1, 0.15) is 5.69 Å². The lowest BCUT2D eigenvalue weighted by atomic mass is 10.0. The van der Waals surface area contributed by atoms with E-state index in [1.807, 2.05) is 38.2 Å². The molecule has 6 heteroatoms. The number of halogens is 1. The summed E-state index contributed by atoms with van der Waals surface area (Å²) < 4.78 is 21.9. The van der Waals surface area contributed by atoms with Gasteiger partial charge in [-0.2, -0.15) is 5.10 Å². The zero-order valence-electron chi connectivity index (χ0n) is 14.4. The van der Waals surface area contributed by atoms with Crippen molar-refractivity contribution in [2.45, 2.75) is 6.92 Å². The Morgan fingerprint density at radius 3 is 2.69 bits per heavy atom. The van der Waals surface area contributed by atoms with Gasteiger partial charge in [-0.25, -0.2) is 4.39 Å². The number of hydrogen-bond donors (Lipinski definition) is 1. The van der Waals surface area contributed by atoms with Gasteiger partial charge in [0.25, 0.3) is 0 Å². The van der Waals surface area contributed by atoms with Gasteiger partial charge in [0.05, 0.1) is 11.7 Å². The van der Waals surface area contributed by atoms with Gasteiger partial charge in [-0.1, -0.05) is 0 Å². The second kappa shape index (κ2) is 6.15. The number of ether oxygens (including phenoxy) is 1. The highest BCUT2D eigenvalue weighted by Crippen LogP contribution is 2.37. The summed E-state index contributed by atoms with van der Waals surface area (Å²) in [5, 5.41) is 5.19. The Kier molecular flexibility index (Phi) is 3.80. The zero-order valence-corrected chi connectivity index (χ0v) is 14.4. The maximum atomic E-state index is 14.2. The summed E-state index contributed by atoms with van der Waals surface area (Å²) in [4.78, 5) is 4.24. The third kappa shape index (κ3) is 2.86. The van der Waals surface area contributed by atoms with Crippen molar-refractivity contribution in [1.82, 2.24) is 14.8 Å². The molecule has 0 unspecified atom stereocenters. The predicted molar refractivity (Wildman–Crippen MR) is 99.6 cm³/mol. The monoisotopic (exact) mass is 348 g/mol. The van der Waals surface area contributed by atoms with Crippen LogP contribution < -0.4 is 10.5 Å². The van der Waals surface area contributed by atoms with E-state index in [-0.39, 0.29) is 5.75 Å². The third-order valence-corrected chi connectivity index (χ3v) is 4.23. The predicted octanol–water partition coefficient (Wildman–Crippen LogP) is 4.46. The standard InChI is InChI=1S/C20H17FN4O/c1-12-7-13(5-6-23-12)16-10-18-14(11-24-25(18)2)8-20(16)26-19-4-3-15(22)9-17(19)21/h3-11H,22H2,1-2H3. The van der Waals surface area contributed by atoms with Crippen LogP contribution in [0.25, 0.3) is 22.0 Å². The van der Waals surface area contributed by atoms with E-state index in [4.69, 9.17) is 10.5 Å². The summed E-state index contributed by atoms with van der Waals surface area (Å²) in [6.45, 7) is 1.92. The minimum Gasteiger partial charge on any atom is -0.454 e. The molecule has 0 saturated heterocycles. The minimum absolute atomic E-state index is 0.120. The van der Waals surface area contributed by atoms with Crippen LogP contribution in [0.15, 0.2) is 54.9 Å². The number of benzene rings is 2. The number of fused-ring (bicyclic) bond motifs is 1. The fraction of sp³-hybridized carbons (Fsp3) is 0.100. The first-order valence-electron chi connectivity index (χ1n) is 8.13. The van der Waals surface area contributed by atoms with Crippen LogP contribution in [-0.2, 0) is 7.05 Å². The first-order valence-corrected chi connectivity index (χ1v) is 8.13. The molecular formula is C20H17FN4O. The van der Waals surface area contributed by atoms with Gasteiger partial charge in [-0.05, 0) is 48.9 Å². The SMILES string of the molecule is Cc1cc(-c2cc3c(cnn3C)cc2Oc2ccc(N)cc2F)ccn1.